The van der Waals surface area contributed by atoms with Crippen molar-refractivity contribution in [3.8, 4) is 0 Å². The van der Waals surface area contributed by atoms with Crippen molar-refractivity contribution in [3.63, 3.8) is 0 Å². The summed E-state index contributed by atoms with van der Waals surface area (Å²) < 4.78 is 0. The van der Waals surface area contributed by atoms with Gasteiger partial charge in [0.25, 0.3) is 0 Å². The molecule has 0 bridgehead atoms. The Bertz CT molecular complexity index is 598. The molecule has 1 N–H and O–H groups in total. The summed E-state index contributed by atoms with van der Waals surface area (Å²) in [5.41, 5.74) is 4.09. The number of carbonyl (C=O) groups is 1. The summed E-state index contributed by atoms with van der Waals surface area (Å²) in [6.45, 7) is 3.99. The number of carboxylic acids is 1. The highest BCUT2D eigenvalue weighted by Gasteiger charge is 2.20. The Hall–Kier alpha value is -2.02. The molecule has 0 aliphatic carbocycles. The van der Waals surface area contributed by atoms with Gasteiger partial charge in [-0.05, 0) is 19.4 Å². The molecule has 19 heavy (non-hydrogen) atoms. The molecule has 0 aliphatic rings. The van der Waals surface area contributed by atoms with E-state index >= 15 is 0 Å². The SMILES string of the molecule is Cc1nnc(N(C)Cc2cscn2)c(C(=O)O)c1C. The van der Waals surface area contributed by atoms with Gasteiger partial charge < -0.3 is 10.0 Å². The van der Waals surface area contributed by atoms with Gasteiger partial charge in [0, 0.05) is 12.4 Å². The smallest absolute Gasteiger partial charge is 0.339 e. The van der Waals surface area contributed by atoms with Crippen LogP contribution in [0.1, 0.15) is 27.3 Å². The first-order valence-electron chi connectivity index (χ1n) is 5.66. The zero-order valence-corrected chi connectivity index (χ0v) is 11.7. The van der Waals surface area contributed by atoms with E-state index in [-0.39, 0.29) is 5.56 Å². The lowest BCUT2D eigenvalue weighted by molar-refractivity contribution is 0.0696. The van der Waals surface area contributed by atoms with Gasteiger partial charge in [0.05, 0.1) is 23.4 Å². The summed E-state index contributed by atoms with van der Waals surface area (Å²) in [5.74, 6) is -0.626. The molecule has 0 amide bonds. The largest absolute Gasteiger partial charge is 0.478 e. The minimum absolute atomic E-state index is 0.199. The zero-order chi connectivity index (χ0) is 14.0. The van der Waals surface area contributed by atoms with Gasteiger partial charge in [0.15, 0.2) is 5.82 Å². The van der Waals surface area contributed by atoms with E-state index in [1.54, 1.807) is 31.3 Å². The molecule has 2 heterocycles. The van der Waals surface area contributed by atoms with Crippen LogP contribution >= 0.6 is 11.3 Å². The number of aryl methyl sites for hydroxylation is 1. The molecular weight excluding hydrogens is 264 g/mol. The van der Waals surface area contributed by atoms with E-state index in [2.05, 4.69) is 15.2 Å². The van der Waals surface area contributed by atoms with Crippen LogP contribution in [0.25, 0.3) is 0 Å². The molecule has 0 saturated carbocycles. The molecule has 0 saturated heterocycles. The number of anilines is 1. The summed E-state index contributed by atoms with van der Waals surface area (Å²) >= 11 is 1.50. The first kappa shape index (κ1) is 13.4. The zero-order valence-electron chi connectivity index (χ0n) is 10.9. The van der Waals surface area contributed by atoms with E-state index in [9.17, 15) is 9.90 Å². The number of hydrogen-bond acceptors (Lipinski definition) is 6. The molecule has 0 atom stereocenters. The maximum absolute atomic E-state index is 11.4. The molecule has 2 aromatic heterocycles. The number of rotatable bonds is 4. The highest BCUT2D eigenvalue weighted by atomic mass is 32.1. The fraction of sp³-hybridized carbons (Fsp3) is 0.333. The van der Waals surface area contributed by atoms with Crippen LogP contribution in [0.15, 0.2) is 10.9 Å². The number of aromatic nitrogens is 3. The third kappa shape index (κ3) is 2.70. The highest BCUT2D eigenvalue weighted by Crippen LogP contribution is 2.22. The quantitative estimate of drug-likeness (QED) is 0.920. The summed E-state index contributed by atoms with van der Waals surface area (Å²) in [5, 5.41) is 19.3. The van der Waals surface area contributed by atoms with Crippen molar-refractivity contribution in [2.45, 2.75) is 20.4 Å². The molecule has 0 fully saturated rings. The van der Waals surface area contributed by atoms with Gasteiger partial charge in [-0.1, -0.05) is 0 Å². The van der Waals surface area contributed by atoms with Gasteiger partial charge in [-0.3, -0.25) is 0 Å². The first-order valence-corrected chi connectivity index (χ1v) is 6.60. The summed E-state index contributed by atoms with van der Waals surface area (Å²) in [6.07, 6.45) is 0. The average molecular weight is 278 g/mol. The Morgan fingerprint density at radius 3 is 2.74 bits per heavy atom. The fourth-order valence-corrected chi connectivity index (χ4v) is 2.30. The van der Waals surface area contributed by atoms with Crippen LogP contribution in [0.3, 0.4) is 0 Å². The molecule has 7 heteroatoms. The number of thiazole rings is 1. The lowest BCUT2D eigenvalue weighted by Gasteiger charge is -2.19. The second kappa shape index (κ2) is 5.31. The van der Waals surface area contributed by atoms with Gasteiger partial charge in [0.1, 0.15) is 5.56 Å². The molecule has 0 aliphatic heterocycles. The Balaban J connectivity index is 2.38. The van der Waals surface area contributed by atoms with Crippen molar-refractivity contribution < 1.29 is 9.90 Å². The summed E-state index contributed by atoms with van der Waals surface area (Å²) in [6, 6.07) is 0. The van der Waals surface area contributed by atoms with Crippen LogP contribution in [0.2, 0.25) is 0 Å². The van der Waals surface area contributed by atoms with Crippen LogP contribution in [-0.4, -0.2) is 33.3 Å². The van der Waals surface area contributed by atoms with Gasteiger partial charge >= 0.3 is 5.97 Å². The number of aromatic carboxylic acids is 1. The average Bonchev–Trinajstić information content (AvgIpc) is 2.84. The van der Waals surface area contributed by atoms with Crippen molar-refractivity contribution in [3.05, 3.63) is 33.4 Å². The van der Waals surface area contributed by atoms with Gasteiger partial charge in [-0.15, -0.1) is 16.4 Å². The topological polar surface area (TPSA) is 79.2 Å². The van der Waals surface area contributed by atoms with Gasteiger partial charge in [-0.25, -0.2) is 9.78 Å². The van der Waals surface area contributed by atoms with E-state index in [4.69, 9.17) is 0 Å². The maximum atomic E-state index is 11.4. The van der Waals surface area contributed by atoms with E-state index in [1.807, 2.05) is 5.38 Å². The maximum Gasteiger partial charge on any atom is 0.339 e. The standard InChI is InChI=1S/C12H14N4O2S/c1-7-8(2)14-15-11(10(7)12(17)18)16(3)4-9-5-19-6-13-9/h5-6H,4H2,1-3H3,(H,17,18). The summed E-state index contributed by atoms with van der Waals surface area (Å²) in [4.78, 5) is 17.3. The van der Waals surface area contributed by atoms with E-state index < -0.39 is 5.97 Å². The minimum Gasteiger partial charge on any atom is -0.478 e. The van der Waals surface area contributed by atoms with Crippen LogP contribution in [0.4, 0.5) is 5.82 Å². The van der Waals surface area contributed by atoms with Crippen molar-refractivity contribution >= 4 is 23.1 Å². The molecule has 0 unspecified atom stereocenters. The van der Waals surface area contributed by atoms with Crippen LogP contribution in [-0.2, 0) is 6.54 Å². The Morgan fingerprint density at radius 2 is 2.16 bits per heavy atom. The molecule has 0 spiro atoms. The number of hydrogen-bond donors (Lipinski definition) is 1. The lowest BCUT2D eigenvalue weighted by Crippen LogP contribution is -2.23. The number of carboxylic acid groups (broad SMARTS) is 1. The predicted molar refractivity (Wildman–Crippen MR) is 72.7 cm³/mol. The second-order valence-corrected chi connectivity index (χ2v) is 4.97. The fourth-order valence-electron chi connectivity index (χ4n) is 1.75. The molecule has 6 nitrogen and oxygen atoms in total. The van der Waals surface area contributed by atoms with E-state index in [0.29, 0.717) is 23.6 Å². The second-order valence-electron chi connectivity index (χ2n) is 4.25. The first-order chi connectivity index (χ1) is 9.00. The third-order valence-electron chi connectivity index (χ3n) is 2.89. The molecular formula is C12H14N4O2S. The van der Waals surface area contributed by atoms with E-state index in [1.165, 1.54) is 11.3 Å². The molecule has 2 rings (SSSR count). The Kier molecular flexibility index (Phi) is 3.75. The van der Waals surface area contributed by atoms with E-state index in [0.717, 1.165) is 5.69 Å². The van der Waals surface area contributed by atoms with Crippen LogP contribution < -0.4 is 4.90 Å². The summed E-state index contributed by atoms with van der Waals surface area (Å²) in [7, 11) is 1.78. The Morgan fingerprint density at radius 1 is 1.42 bits per heavy atom. The minimum atomic E-state index is -0.990. The Labute approximate surface area is 114 Å². The van der Waals surface area contributed by atoms with Crippen molar-refractivity contribution in [1.82, 2.24) is 15.2 Å². The third-order valence-corrected chi connectivity index (χ3v) is 3.53. The van der Waals surface area contributed by atoms with Crippen LogP contribution in [0.5, 0.6) is 0 Å². The molecule has 100 valence electrons. The number of nitrogens with zero attached hydrogens (tertiary/aromatic N) is 4. The monoisotopic (exact) mass is 278 g/mol. The van der Waals surface area contributed by atoms with Gasteiger partial charge in [-0.2, -0.15) is 5.10 Å². The molecule has 2 aromatic rings. The lowest BCUT2D eigenvalue weighted by atomic mass is 10.1. The molecule has 0 aromatic carbocycles. The van der Waals surface area contributed by atoms with Crippen molar-refractivity contribution in [2.24, 2.45) is 0 Å². The van der Waals surface area contributed by atoms with Crippen molar-refractivity contribution in [1.29, 1.82) is 0 Å². The van der Waals surface area contributed by atoms with Crippen molar-refractivity contribution in [2.75, 3.05) is 11.9 Å². The van der Waals surface area contributed by atoms with Gasteiger partial charge in [0.2, 0.25) is 0 Å². The highest BCUT2D eigenvalue weighted by molar-refractivity contribution is 7.07. The normalized spacial score (nSPS) is 10.5. The molecule has 0 radical (unpaired) electrons. The predicted octanol–water partition coefficient (Wildman–Crippen LogP) is 1.88. The van der Waals surface area contributed by atoms with Crippen LogP contribution in [0, 0.1) is 13.8 Å².